The first-order valence-electron chi connectivity index (χ1n) is 11.0. The monoisotopic (exact) mass is 402 g/mol. The molecule has 1 aliphatic heterocycles. The van der Waals surface area contributed by atoms with Crippen LogP contribution in [-0.4, -0.2) is 30.0 Å². The maximum atomic E-state index is 12.8. The highest BCUT2D eigenvalue weighted by Crippen LogP contribution is 2.26. The molecule has 1 aliphatic rings. The van der Waals surface area contributed by atoms with Gasteiger partial charge in [-0.2, -0.15) is 0 Å². The van der Waals surface area contributed by atoms with E-state index in [2.05, 4.69) is 46.6 Å². The molecule has 0 aromatic heterocycles. The Morgan fingerprint density at radius 2 is 1.73 bits per heavy atom. The Morgan fingerprint density at radius 1 is 1.00 bits per heavy atom. The van der Waals surface area contributed by atoms with Crippen LogP contribution < -0.4 is 10.1 Å². The van der Waals surface area contributed by atoms with Crippen molar-refractivity contribution in [3.05, 3.63) is 77.9 Å². The van der Waals surface area contributed by atoms with Gasteiger partial charge in [0.25, 0.3) is 5.91 Å². The fourth-order valence-corrected chi connectivity index (χ4v) is 4.11. The van der Waals surface area contributed by atoms with E-state index in [1.54, 1.807) is 0 Å². The van der Waals surface area contributed by atoms with Gasteiger partial charge in [0, 0.05) is 18.5 Å². The zero-order valence-corrected chi connectivity index (χ0v) is 17.6. The third-order valence-electron chi connectivity index (χ3n) is 5.75. The summed E-state index contributed by atoms with van der Waals surface area (Å²) in [6.07, 6.45) is 2.70. The fraction of sp³-hybridized carbons (Fsp3) is 0.346. The predicted molar refractivity (Wildman–Crippen MR) is 121 cm³/mol. The lowest BCUT2D eigenvalue weighted by atomic mass is 10.1. The molecule has 4 rings (SSSR count). The van der Waals surface area contributed by atoms with Crippen molar-refractivity contribution < 1.29 is 9.53 Å². The summed E-state index contributed by atoms with van der Waals surface area (Å²) >= 11 is 0. The fourth-order valence-electron chi connectivity index (χ4n) is 4.11. The number of amides is 1. The van der Waals surface area contributed by atoms with Gasteiger partial charge in [-0.1, -0.05) is 67.6 Å². The maximum absolute atomic E-state index is 12.8. The first-order valence-corrected chi connectivity index (χ1v) is 11.0. The predicted octanol–water partition coefficient (Wildman–Crippen LogP) is 4.91. The second-order valence-corrected chi connectivity index (χ2v) is 8.01. The van der Waals surface area contributed by atoms with Crippen molar-refractivity contribution in [1.82, 2.24) is 10.2 Å². The van der Waals surface area contributed by atoms with Crippen molar-refractivity contribution in [2.75, 3.05) is 13.1 Å². The van der Waals surface area contributed by atoms with Crippen LogP contribution in [0.25, 0.3) is 10.8 Å². The first-order chi connectivity index (χ1) is 14.7. The molecule has 1 heterocycles. The average Bonchev–Trinajstić information content (AvgIpc) is 3.29. The molecule has 1 N–H and O–H groups in total. The maximum Gasteiger partial charge on any atom is 0.261 e. The number of nitrogens with one attached hydrogen (secondary N) is 1. The molecule has 1 fully saturated rings. The SMILES string of the molecule is CCC(Oc1cccc2ccccc12)C(=O)NCc1cccc(CN2CCCC2)c1. The zero-order chi connectivity index (χ0) is 20.8. The minimum absolute atomic E-state index is 0.0737. The van der Waals surface area contributed by atoms with Crippen molar-refractivity contribution >= 4 is 16.7 Å². The molecule has 0 spiro atoms. The Morgan fingerprint density at radius 3 is 2.57 bits per heavy atom. The van der Waals surface area contributed by atoms with Crippen LogP contribution >= 0.6 is 0 Å². The van der Waals surface area contributed by atoms with E-state index in [9.17, 15) is 4.79 Å². The Bertz CT molecular complexity index is 990. The molecule has 3 aromatic carbocycles. The van der Waals surface area contributed by atoms with Crippen LogP contribution in [0.3, 0.4) is 0 Å². The Kier molecular flexibility index (Phi) is 6.65. The van der Waals surface area contributed by atoms with Crippen LogP contribution in [0.4, 0.5) is 0 Å². The van der Waals surface area contributed by atoms with Gasteiger partial charge < -0.3 is 10.1 Å². The van der Waals surface area contributed by atoms with Crippen molar-refractivity contribution in [2.24, 2.45) is 0 Å². The highest BCUT2D eigenvalue weighted by molar-refractivity contribution is 5.89. The van der Waals surface area contributed by atoms with Gasteiger partial charge in [-0.15, -0.1) is 0 Å². The van der Waals surface area contributed by atoms with E-state index >= 15 is 0 Å². The van der Waals surface area contributed by atoms with E-state index in [0.717, 1.165) is 28.6 Å². The van der Waals surface area contributed by atoms with E-state index in [0.29, 0.717) is 13.0 Å². The number of nitrogens with zero attached hydrogens (tertiary/aromatic N) is 1. The van der Waals surface area contributed by atoms with Crippen molar-refractivity contribution in [1.29, 1.82) is 0 Å². The number of fused-ring (bicyclic) bond motifs is 1. The molecule has 0 aliphatic carbocycles. The molecule has 1 unspecified atom stereocenters. The minimum Gasteiger partial charge on any atom is -0.480 e. The highest BCUT2D eigenvalue weighted by atomic mass is 16.5. The van der Waals surface area contributed by atoms with Gasteiger partial charge in [-0.25, -0.2) is 0 Å². The summed E-state index contributed by atoms with van der Waals surface area (Å²) in [4.78, 5) is 15.3. The van der Waals surface area contributed by atoms with Gasteiger partial charge in [0.2, 0.25) is 0 Å². The molecule has 30 heavy (non-hydrogen) atoms. The van der Waals surface area contributed by atoms with Gasteiger partial charge >= 0.3 is 0 Å². The summed E-state index contributed by atoms with van der Waals surface area (Å²) in [7, 11) is 0. The summed E-state index contributed by atoms with van der Waals surface area (Å²) in [6.45, 7) is 5.85. The van der Waals surface area contributed by atoms with Crippen LogP contribution in [0.15, 0.2) is 66.7 Å². The second kappa shape index (κ2) is 9.77. The van der Waals surface area contributed by atoms with Crippen LogP contribution in [0, 0.1) is 0 Å². The van der Waals surface area contributed by atoms with E-state index in [1.807, 2.05) is 37.3 Å². The summed E-state index contributed by atoms with van der Waals surface area (Å²) in [6, 6.07) is 22.6. The third-order valence-corrected chi connectivity index (χ3v) is 5.75. The van der Waals surface area contributed by atoms with Gasteiger partial charge in [0.15, 0.2) is 6.10 Å². The molecule has 0 bridgehead atoms. The average molecular weight is 403 g/mol. The lowest BCUT2D eigenvalue weighted by Gasteiger charge is -2.19. The Labute approximate surface area is 178 Å². The summed E-state index contributed by atoms with van der Waals surface area (Å²) in [5, 5.41) is 5.20. The largest absolute Gasteiger partial charge is 0.480 e. The van der Waals surface area contributed by atoms with E-state index < -0.39 is 6.10 Å². The smallest absolute Gasteiger partial charge is 0.261 e. The molecule has 3 aromatic rings. The highest BCUT2D eigenvalue weighted by Gasteiger charge is 2.19. The van der Waals surface area contributed by atoms with Gasteiger partial charge in [-0.05, 0) is 54.9 Å². The number of rotatable bonds is 8. The first kappa shape index (κ1) is 20.4. The normalized spacial score (nSPS) is 15.2. The standard InChI is InChI=1S/C26H30N2O2/c1-2-24(30-25-14-8-12-22-11-3-4-13-23(22)25)26(29)27-18-20-9-7-10-21(17-20)19-28-15-5-6-16-28/h3-4,7-14,17,24H,2,5-6,15-16,18-19H2,1H3,(H,27,29). The van der Waals surface area contributed by atoms with Crippen LogP contribution in [0.2, 0.25) is 0 Å². The van der Waals surface area contributed by atoms with Crippen molar-refractivity contribution in [3.63, 3.8) is 0 Å². The molecular weight excluding hydrogens is 372 g/mol. The summed E-state index contributed by atoms with van der Waals surface area (Å²) in [5.41, 5.74) is 2.43. The molecular formula is C26H30N2O2. The number of benzene rings is 3. The van der Waals surface area contributed by atoms with Gasteiger partial charge in [0.05, 0.1) is 0 Å². The topological polar surface area (TPSA) is 41.6 Å². The van der Waals surface area contributed by atoms with Crippen LogP contribution in [0.1, 0.15) is 37.3 Å². The molecule has 1 saturated heterocycles. The molecule has 1 atom stereocenters. The Balaban J connectivity index is 1.37. The Hall–Kier alpha value is -2.85. The van der Waals surface area contributed by atoms with E-state index in [4.69, 9.17) is 4.74 Å². The van der Waals surface area contributed by atoms with E-state index in [1.165, 1.54) is 31.5 Å². The third kappa shape index (κ3) is 5.00. The number of carbonyl (C=O) groups is 1. The summed E-state index contributed by atoms with van der Waals surface area (Å²) < 4.78 is 6.12. The van der Waals surface area contributed by atoms with Gasteiger partial charge in [0.1, 0.15) is 5.75 Å². The molecule has 0 saturated carbocycles. The lowest BCUT2D eigenvalue weighted by Crippen LogP contribution is -2.37. The van der Waals surface area contributed by atoms with Gasteiger partial charge in [-0.3, -0.25) is 9.69 Å². The summed E-state index contributed by atoms with van der Waals surface area (Å²) in [5.74, 6) is 0.679. The molecule has 0 radical (unpaired) electrons. The number of likely N-dealkylation sites (tertiary alicyclic amines) is 1. The van der Waals surface area contributed by atoms with Crippen LogP contribution in [-0.2, 0) is 17.9 Å². The molecule has 1 amide bonds. The molecule has 4 nitrogen and oxygen atoms in total. The number of ether oxygens (including phenoxy) is 1. The molecule has 4 heteroatoms. The number of hydrogen-bond acceptors (Lipinski definition) is 3. The van der Waals surface area contributed by atoms with E-state index in [-0.39, 0.29) is 5.91 Å². The van der Waals surface area contributed by atoms with Crippen molar-refractivity contribution in [3.8, 4) is 5.75 Å². The van der Waals surface area contributed by atoms with Crippen LogP contribution in [0.5, 0.6) is 5.75 Å². The lowest BCUT2D eigenvalue weighted by molar-refractivity contribution is -0.128. The minimum atomic E-state index is -0.511. The quantitative estimate of drug-likeness (QED) is 0.582. The zero-order valence-electron chi connectivity index (χ0n) is 17.6. The van der Waals surface area contributed by atoms with Crippen molar-refractivity contribution in [2.45, 2.75) is 45.4 Å². The number of carbonyl (C=O) groups excluding carboxylic acids is 1. The number of hydrogen-bond donors (Lipinski definition) is 1. The molecule has 156 valence electrons. The second-order valence-electron chi connectivity index (χ2n) is 8.01.